The second-order valence-electron chi connectivity index (χ2n) is 5.89. The van der Waals surface area contributed by atoms with Gasteiger partial charge in [0.1, 0.15) is 0 Å². The number of hydrogen-bond donors (Lipinski definition) is 0. The summed E-state index contributed by atoms with van der Waals surface area (Å²) in [7, 11) is 0. The molecular weight excluding hydrogens is 272 g/mol. The summed E-state index contributed by atoms with van der Waals surface area (Å²) in [5, 5.41) is 0. The highest BCUT2D eigenvalue weighted by Gasteiger charge is 2.22. The summed E-state index contributed by atoms with van der Waals surface area (Å²) in [6, 6.07) is 0. The van der Waals surface area contributed by atoms with Gasteiger partial charge in [0.25, 0.3) is 0 Å². The molecule has 2 aliphatic rings. The van der Waals surface area contributed by atoms with Gasteiger partial charge in [0.15, 0.2) is 0 Å². The lowest BCUT2D eigenvalue weighted by molar-refractivity contribution is -0.0273. The average Bonchev–Trinajstić information content (AvgIpc) is 2.51. The highest BCUT2D eigenvalue weighted by atomic mass is 16.6. The molecule has 0 amide bonds. The summed E-state index contributed by atoms with van der Waals surface area (Å²) in [6.07, 6.45) is 5.10. The van der Waals surface area contributed by atoms with Gasteiger partial charge in [0, 0.05) is 13.2 Å². The Hall–Kier alpha value is -0.200. The molecule has 0 spiro atoms. The van der Waals surface area contributed by atoms with Gasteiger partial charge >= 0.3 is 0 Å². The summed E-state index contributed by atoms with van der Waals surface area (Å²) in [4.78, 5) is 0. The van der Waals surface area contributed by atoms with Crippen molar-refractivity contribution >= 4 is 0 Å². The van der Waals surface area contributed by atoms with Crippen LogP contribution in [-0.4, -0.2) is 66.1 Å². The van der Waals surface area contributed by atoms with Crippen LogP contribution >= 0.6 is 0 Å². The SMILES string of the molecule is C1CC2COCCOCCOCCOCCOCC(C1)C2. The van der Waals surface area contributed by atoms with Gasteiger partial charge in [-0.3, -0.25) is 0 Å². The third-order valence-electron chi connectivity index (χ3n) is 4.09. The normalized spacial score (nSPS) is 32.0. The zero-order valence-corrected chi connectivity index (χ0v) is 13.1. The Morgan fingerprint density at radius 2 is 0.857 bits per heavy atom. The average molecular weight is 302 g/mol. The fourth-order valence-corrected chi connectivity index (χ4v) is 2.98. The van der Waals surface area contributed by atoms with Crippen LogP contribution in [0.5, 0.6) is 0 Å². The quantitative estimate of drug-likeness (QED) is 0.684. The number of fused-ring (bicyclic) bond motifs is 2. The van der Waals surface area contributed by atoms with E-state index in [-0.39, 0.29) is 0 Å². The molecule has 124 valence electrons. The molecule has 1 aliphatic heterocycles. The van der Waals surface area contributed by atoms with Crippen molar-refractivity contribution in [3.63, 3.8) is 0 Å². The first-order valence-corrected chi connectivity index (χ1v) is 8.34. The lowest BCUT2D eigenvalue weighted by Gasteiger charge is -2.28. The largest absolute Gasteiger partial charge is 0.379 e. The standard InChI is InChI=1S/C16H30O5/c1-2-15-12-16(3-1)14-21-11-9-19-7-5-17-4-6-18-8-10-20-13-15/h15-16H,1-14H2. The van der Waals surface area contributed by atoms with E-state index in [0.717, 1.165) is 13.2 Å². The Morgan fingerprint density at radius 1 is 0.476 bits per heavy atom. The second-order valence-corrected chi connectivity index (χ2v) is 5.89. The Morgan fingerprint density at radius 3 is 1.29 bits per heavy atom. The van der Waals surface area contributed by atoms with Crippen LogP contribution in [0.4, 0.5) is 0 Å². The van der Waals surface area contributed by atoms with Crippen molar-refractivity contribution in [3.8, 4) is 0 Å². The fourth-order valence-electron chi connectivity index (χ4n) is 2.98. The van der Waals surface area contributed by atoms with E-state index in [1.54, 1.807) is 0 Å². The van der Waals surface area contributed by atoms with Gasteiger partial charge < -0.3 is 23.7 Å². The van der Waals surface area contributed by atoms with Crippen LogP contribution in [0.15, 0.2) is 0 Å². The zero-order chi connectivity index (χ0) is 14.6. The zero-order valence-electron chi connectivity index (χ0n) is 13.1. The molecule has 5 nitrogen and oxygen atoms in total. The molecule has 1 saturated heterocycles. The Kier molecular flexibility index (Phi) is 9.30. The van der Waals surface area contributed by atoms with E-state index in [0.29, 0.717) is 64.7 Å². The molecule has 2 atom stereocenters. The summed E-state index contributed by atoms with van der Waals surface area (Å²) in [5.41, 5.74) is 0. The molecule has 2 unspecified atom stereocenters. The summed E-state index contributed by atoms with van der Waals surface area (Å²) >= 11 is 0. The highest BCUT2D eigenvalue weighted by molar-refractivity contribution is 4.72. The predicted molar refractivity (Wildman–Crippen MR) is 79.5 cm³/mol. The third-order valence-corrected chi connectivity index (χ3v) is 4.09. The van der Waals surface area contributed by atoms with Crippen LogP contribution in [0, 0.1) is 11.8 Å². The smallest absolute Gasteiger partial charge is 0.0701 e. The van der Waals surface area contributed by atoms with Gasteiger partial charge in [-0.15, -0.1) is 0 Å². The van der Waals surface area contributed by atoms with Crippen LogP contribution in [0.2, 0.25) is 0 Å². The highest BCUT2D eigenvalue weighted by Crippen LogP contribution is 2.29. The Bertz CT molecular complexity index is 227. The van der Waals surface area contributed by atoms with E-state index in [9.17, 15) is 0 Å². The molecule has 0 aromatic rings. The monoisotopic (exact) mass is 302 g/mol. The van der Waals surface area contributed by atoms with Crippen LogP contribution in [0.25, 0.3) is 0 Å². The van der Waals surface area contributed by atoms with Crippen LogP contribution in [0.1, 0.15) is 25.7 Å². The number of rotatable bonds is 0. The van der Waals surface area contributed by atoms with Crippen molar-refractivity contribution in [1.82, 2.24) is 0 Å². The minimum absolute atomic E-state index is 0.615. The molecule has 2 fully saturated rings. The Labute approximate surface area is 128 Å². The molecule has 0 aromatic carbocycles. The minimum Gasteiger partial charge on any atom is -0.379 e. The van der Waals surface area contributed by atoms with Crippen molar-refractivity contribution < 1.29 is 23.7 Å². The van der Waals surface area contributed by atoms with Crippen molar-refractivity contribution in [3.05, 3.63) is 0 Å². The molecule has 2 bridgehead atoms. The van der Waals surface area contributed by atoms with Crippen LogP contribution in [-0.2, 0) is 23.7 Å². The van der Waals surface area contributed by atoms with E-state index in [2.05, 4.69) is 0 Å². The molecule has 1 heterocycles. The molecule has 1 saturated carbocycles. The molecule has 0 N–H and O–H groups in total. The number of ether oxygens (including phenoxy) is 5. The first-order chi connectivity index (χ1) is 10.4. The second kappa shape index (κ2) is 11.4. The van der Waals surface area contributed by atoms with E-state index in [1.807, 2.05) is 0 Å². The van der Waals surface area contributed by atoms with Gasteiger partial charge in [-0.1, -0.05) is 6.42 Å². The van der Waals surface area contributed by atoms with Crippen molar-refractivity contribution in [2.45, 2.75) is 25.7 Å². The third kappa shape index (κ3) is 8.12. The molecule has 21 heavy (non-hydrogen) atoms. The maximum atomic E-state index is 5.74. The van der Waals surface area contributed by atoms with E-state index < -0.39 is 0 Å². The predicted octanol–water partition coefficient (Wildman–Crippen LogP) is 1.89. The minimum atomic E-state index is 0.615. The first-order valence-electron chi connectivity index (χ1n) is 8.34. The maximum Gasteiger partial charge on any atom is 0.0701 e. The first kappa shape index (κ1) is 17.2. The van der Waals surface area contributed by atoms with Gasteiger partial charge in [-0.25, -0.2) is 0 Å². The van der Waals surface area contributed by atoms with Gasteiger partial charge in [-0.05, 0) is 31.1 Å². The molecular formula is C16H30O5. The lowest BCUT2D eigenvalue weighted by Crippen LogP contribution is -2.24. The van der Waals surface area contributed by atoms with E-state index in [4.69, 9.17) is 23.7 Å². The molecule has 0 radical (unpaired) electrons. The molecule has 5 heteroatoms. The molecule has 1 aliphatic carbocycles. The molecule has 0 aromatic heterocycles. The maximum absolute atomic E-state index is 5.74. The van der Waals surface area contributed by atoms with Crippen LogP contribution < -0.4 is 0 Å². The number of hydrogen-bond acceptors (Lipinski definition) is 5. The summed E-state index contributed by atoms with van der Waals surface area (Å²) in [6.45, 7) is 6.86. The van der Waals surface area contributed by atoms with Crippen molar-refractivity contribution in [1.29, 1.82) is 0 Å². The van der Waals surface area contributed by atoms with Crippen molar-refractivity contribution in [2.75, 3.05) is 66.1 Å². The summed E-state index contributed by atoms with van der Waals surface area (Å²) in [5.74, 6) is 1.37. The van der Waals surface area contributed by atoms with E-state index in [1.165, 1.54) is 25.7 Å². The molecule has 2 rings (SSSR count). The topological polar surface area (TPSA) is 46.2 Å². The Balaban J connectivity index is 1.66. The van der Waals surface area contributed by atoms with Crippen molar-refractivity contribution in [2.24, 2.45) is 11.8 Å². The van der Waals surface area contributed by atoms with Gasteiger partial charge in [0.2, 0.25) is 0 Å². The lowest BCUT2D eigenvalue weighted by atomic mass is 9.82. The van der Waals surface area contributed by atoms with Gasteiger partial charge in [0.05, 0.1) is 52.9 Å². The fraction of sp³-hybridized carbons (Fsp3) is 1.00. The summed E-state index contributed by atoms with van der Waals surface area (Å²) < 4.78 is 27.8. The van der Waals surface area contributed by atoms with Gasteiger partial charge in [-0.2, -0.15) is 0 Å². The van der Waals surface area contributed by atoms with Crippen LogP contribution in [0.3, 0.4) is 0 Å². The van der Waals surface area contributed by atoms with E-state index >= 15 is 0 Å².